The number of fused-ring (bicyclic) bond motifs is 1. The van der Waals surface area contributed by atoms with Gasteiger partial charge in [-0.15, -0.1) is 0 Å². The normalized spacial score (nSPS) is 11.6. The predicted octanol–water partition coefficient (Wildman–Crippen LogP) is 4.03. The SMILES string of the molecule is O=C(CCc1ccc(S(=O)(=O)c2ccc(Cl)cc2)cc1)c1cnc2nccn2c1. The number of carbonyl (C=O) groups is 1. The maximum atomic E-state index is 12.7. The Kier molecular flexibility index (Phi) is 5.17. The standard InChI is InChI=1S/C21H16ClN3O3S/c22-17-4-8-19(9-5-17)29(27,28)18-6-1-15(2-7-18)3-10-20(26)16-13-24-21-23-11-12-25(21)14-16/h1-2,4-9,11-14H,3,10H2. The molecule has 0 spiro atoms. The molecule has 0 N–H and O–H groups in total. The summed E-state index contributed by atoms with van der Waals surface area (Å²) in [6, 6.07) is 12.6. The van der Waals surface area contributed by atoms with Crippen molar-refractivity contribution in [2.24, 2.45) is 0 Å². The lowest BCUT2D eigenvalue weighted by molar-refractivity contribution is 0.0982. The van der Waals surface area contributed by atoms with E-state index in [1.165, 1.54) is 18.3 Å². The number of benzene rings is 2. The maximum absolute atomic E-state index is 12.7. The molecular weight excluding hydrogens is 410 g/mol. The van der Waals surface area contributed by atoms with Crippen molar-refractivity contribution >= 4 is 33.0 Å². The molecule has 2 heterocycles. The minimum absolute atomic E-state index is 0.0361. The zero-order chi connectivity index (χ0) is 20.4. The van der Waals surface area contributed by atoms with Crippen molar-refractivity contribution in [2.45, 2.75) is 22.6 Å². The monoisotopic (exact) mass is 425 g/mol. The van der Waals surface area contributed by atoms with Crippen LogP contribution in [0.2, 0.25) is 5.02 Å². The van der Waals surface area contributed by atoms with Crippen LogP contribution in [0, 0.1) is 0 Å². The highest BCUT2D eigenvalue weighted by atomic mass is 35.5. The van der Waals surface area contributed by atoms with Gasteiger partial charge in [-0.3, -0.25) is 9.20 Å². The highest BCUT2D eigenvalue weighted by molar-refractivity contribution is 7.91. The van der Waals surface area contributed by atoms with Gasteiger partial charge in [0.25, 0.3) is 0 Å². The van der Waals surface area contributed by atoms with E-state index >= 15 is 0 Å². The number of rotatable bonds is 6. The second-order valence-corrected chi connectivity index (χ2v) is 8.89. The summed E-state index contributed by atoms with van der Waals surface area (Å²) >= 11 is 5.83. The molecule has 0 aliphatic rings. The second-order valence-electron chi connectivity index (χ2n) is 6.50. The van der Waals surface area contributed by atoms with Crippen LogP contribution in [0.4, 0.5) is 0 Å². The van der Waals surface area contributed by atoms with Gasteiger partial charge < -0.3 is 0 Å². The van der Waals surface area contributed by atoms with Crippen molar-refractivity contribution in [2.75, 3.05) is 0 Å². The summed E-state index contributed by atoms with van der Waals surface area (Å²) in [5.41, 5.74) is 1.39. The molecule has 0 atom stereocenters. The Labute approximate surface area is 172 Å². The third-order valence-corrected chi connectivity index (χ3v) is 6.60. The fraction of sp³-hybridized carbons (Fsp3) is 0.0952. The molecule has 29 heavy (non-hydrogen) atoms. The van der Waals surface area contributed by atoms with Crippen LogP contribution in [0.5, 0.6) is 0 Å². The first-order valence-corrected chi connectivity index (χ1v) is 10.7. The molecule has 4 rings (SSSR count). The lowest BCUT2D eigenvalue weighted by atomic mass is 10.0. The average molecular weight is 426 g/mol. The minimum Gasteiger partial charge on any atom is -0.294 e. The summed E-state index contributed by atoms with van der Waals surface area (Å²) in [7, 11) is -3.60. The summed E-state index contributed by atoms with van der Waals surface area (Å²) in [6.07, 6.45) is 7.38. The van der Waals surface area contributed by atoms with E-state index < -0.39 is 9.84 Å². The van der Waals surface area contributed by atoms with Crippen LogP contribution in [0.25, 0.3) is 5.78 Å². The van der Waals surface area contributed by atoms with E-state index in [1.807, 2.05) is 0 Å². The van der Waals surface area contributed by atoms with E-state index in [0.717, 1.165) is 5.56 Å². The summed E-state index contributed by atoms with van der Waals surface area (Å²) < 4.78 is 27.1. The van der Waals surface area contributed by atoms with Gasteiger partial charge >= 0.3 is 0 Å². The molecule has 2 aromatic heterocycles. The predicted molar refractivity (Wildman–Crippen MR) is 109 cm³/mol. The van der Waals surface area contributed by atoms with Gasteiger partial charge in [-0.2, -0.15) is 0 Å². The highest BCUT2D eigenvalue weighted by Crippen LogP contribution is 2.23. The molecule has 0 aliphatic carbocycles. The molecule has 2 aromatic carbocycles. The Morgan fingerprint density at radius 1 is 0.966 bits per heavy atom. The minimum atomic E-state index is -3.60. The first-order valence-electron chi connectivity index (χ1n) is 8.85. The smallest absolute Gasteiger partial charge is 0.233 e. The molecule has 0 unspecified atom stereocenters. The topological polar surface area (TPSA) is 81.4 Å². The van der Waals surface area contributed by atoms with Crippen LogP contribution in [-0.4, -0.2) is 28.6 Å². The van der Waals surface area contributed by atoms with Gasteiger partial charge in [0.2, 0.25) is 15.6 Å². The Balaban J connectivity index is 1.45. The van der Waals surface area contributed by atoms with Crippen LogP contribution < -0.4 is 0 Å². The molecule has 0 saturated carbocycles. The van der Waals surface area contributed by atoms with Gasteiger partial charge in [-0.25, -0.2) is 18.4 Å². The number of hydrogen-bond donors (Lipinski definition) is 0. The molecule has 0 bridgehead atoms. The number of imidazole rings is 1. The van der Waals surface area contributed by atoms with E-state index in [4.69, 9.17) is 11.6 Å². The third-order valence-electron chi connectivity index (χ3n) is 4.57. The van der Waals surface area contributed by atoms with Crippen molar-refractivity contribution in [3.63, 3.8) is 0 Å². The van der Waals surface area contributed by atoms with Gasteiger partial charge in [0.15, 0.2) is 5.78 Å². The van der Waals surface area contributed by atoms with Crippen molar-refractivity contribution in [1.29, 1.82) is 0 Å². The summed E-state index contributed by atoms with van der Waals surface area (Å²) in [5.74, 6) is 0.505. The molecule has 0 radical (unpaired) electrons. The Bertz CT molecular complexity index is 1280. The molecule has 146 valence electrons. The Morgan fingerprint density at radius 3 is 2.31 bits per heavy atom. The van der Waals surface area contributed by atoms with Crippen molar-refractivity contribution in [3.8, 4) is 0 Å². The lowest BCUT2D eigenvalue weighted by Gasteiger charge is -2.07. The number of nitrogens with zero attached hydrogens (tertiary/aromatic N) is 3. The lowest BCUT2D eigenvalue weighted by Crippen LogP contribution is -2.05. The van der Waals surface area contributed by atoms with Crippen LogP contribution in [-0.2, 0) is 16.3 Å². The van der Waals surface area contributed by atoms with Crippen LogP contribution in [0.1, 0.15) is 22.3 Å². The molecule has 0 aliphatic heterocycles. The van der Waals surface area contributed by atoms with Gasteiger partial charge in [0.05, 0.1) is 15.4 Å². The highest BCUT2D eigenvalue weighted by Gasteiger charge is 2.17. The zero-order valence-corrected chi connectivity index (χ0v) is 16.8. The Hall–Kier alpha value is -3.03. The van der Waals surface area contributed by atoms with E-state index in [-0.39, 0.29) is 15.6 Å². The molecular formula is C21H16ClN3O3S. The van der Waals surface area contributed by atoms with E-state index in [1.54, 1.807) is 59.4 Å². The van der Waals surface area contributed by atoms with Gasteiger partial charge in [0, 0.05) is 36.2 Å². The summed E-state index contributed by atoms with van der Waals surface area (Å²) in [4.78, 5) is 21.0. The number of Topliss-reactive ketones (excluding diaryl/α,β-unsaturated/α-hetero) is 1. The number of hydrogen-bond acceptors (Lipinski definition) is 5. The average Bonchev–Trinajstić information content (AvgIpc) is 3.20. The Morgan fingerprint density at radius 2 is 1.62 bits per heavy atom. The van der Waals surface area contributed by atoms with Crippen LogP contribution in [0.3, 0.4) is 0 Å². The first kappa shape index (κ1) is 19.3. The molecule has 0 fully saturated rings. The number of sulfone groups is 1. The molecule has 0 saturated heterocycles. The van der Waals surface area contributed by atoms with Crippen LogP contribution in [0.15, 0.2) is 83.1 Å². The first-order chi connectivity index (χ1) is 13.9. The fourth-order valence-corrected chi connectivity index (χ4v) is 4.33. The second kappa shape index (κ2) is 7.77. The number of carbonyl (C=O) groups excluding carboxylic acids is 1. The molecule has 6 nitrogen and oxygen atoms in total. The van der Waals surface area contributed by atoms with Gasteiger partial charge in [0.1, 0.15) is 0 Å². The summed E-state index contributed by atoms with van der Waals surface area (Å²) in [5, 5.41) is 0.478. The fourth-order valence-electron chi connectivity index (χ4n) is 2.95. The van der Waals surface area contributed by atoms with E-state index in [0.29, 0.717) is 29.2 Å². The largest absolute Gasteiger partial charge is 0.294 e. The molecule has 4 aromatic rings. The number of halogens is 1. The quantitative estimate of drug-likeness (QED) is 0.435. The van der Waals surface area contributed by atoms with Gasteiger partial charge in [-0.05, 0) is 48.4 Å². The van der Waals surface area contributed by atoms with Crippen molar-refractivity contribution < 1.29 is 13.2 Å². The van der Waals surface area contributed by atoms with E-state index in [9.17, 15) is 13.2 Å². The third kappa shape index (κ3) is 4.06. The van der Waals surface area contributed by atoms with E-state index in [2.05, 4.69) is 9.97 Å². The maximum Gasteiger partial charge on any atom is 0.233 e. The molecule has 8 heteroatoms. The zero-order valence-electron chi connectivity index (χ0n) is 15.2. The van der Waals surface area contributed by atoms with Crippen molar-refractivity contribution in [3.05, 3.63) is 89.5 Å². The van der Waals surface area contributed by atoms with Gasteiger partial charge in [-0.1, -0.05) is 23.7 Å². The van der Waals surface area contributed by atoms with Crippen molar-refractivity contribution in [1.82, 2.24) is 14.4 Å². The van der Waals surface area contributed by atoms with Crippen LogP contribution >= 0.6 is 11.6 Å². The molecule has 0 amide bonds. The summed E-state index contributed by atoms with van der Waals surface area (Å²) in [6.45, 7) is 0. The number of aryl methyl sites for hydroxylation is 1. The number of aromatic nitrogens is 3. The number of ketones is 1.